The van der Waals surface area contributed by atoms with Crippen LogP contribution in [0.2, 0.25) is 5.02 Å². The molecule has 16 heavy (non-hydrogen) atoms. The summed E-state index contributed by atoms with van der Waals surface area (Å²) in [6.45, 7) is 0. The van der Waals surface area contributed by atoms with Crippen molar-refractivity contribution < 1.29 is 0 Å². The average Bonchev–Trinajstić information content (AvgIpc) is 2.74. The molecular weight excluding hydrogens is 355 g/mol. The standard InChI is InChI=1S/C11H9Br2ClN2/c12-8(6-11-15-3-4-16-11)7-1-2-10(14)9(13)5-7/h1-5,8H,6H2,(H,15,16). The van der Waals surface area contributed by atoms with Gasteiger partial charge in [0.05, 0.1) is 5.02 Å². The number of aromatic nitrogens is 2. The molecule has 1 aromatic carbocycles. The van der Waals surface area contributed by atoms with Crippen molar-refractivity contribution in [3.05, 3.63) is 51.5 Å². The van der Waals surface area contributed by atoms with Gasteiger partial charge in [-0.3, -0.25) is 0 Å². The molecule has 0 saturated carbocycles. The summed E-state index contributed by atoms with van der Waals surface area (Å²) in [4.78, 5) is 7.51. The number of hydrogen-bond donors (Lipinski definition) is 1. The first-order valence-corrected chi connectivity index (χ1v) is 6.83. The molecule has 2 nitrogen and oxygen atoms in total. The number of nitrogens with one attached hydrogen (secondary N) is 1. The van der Waals surface area contributed by atoms with Crippen LogP contribution in [0.4, 0.5) is 0 Å². The first kappa shape index (κ1) is 12.1. The molecule has 0 aliphatic rings. The average molecular weight is 364 g/mol. The van der Waals surface area contributed by atoms with Gasteiger partial charge in [-0.2, -0.15) is 0 Å². The molecule has 0 amide bonds. The molecule has 1 atom stereocenters. The van der Waals surface area contributed by atoms with E-state index in [0.717, 1.165) is 21.7 Å². The van der Waals surface area contributed by atoms with Crippen LogP contribution in [0.3, 0.4) is 0 Å². The minimum absolute atomic E-state index is 0.229. The Morgan fingerprint density at radius 2 is 2.25 bits per heavy atom. The van der Waals surface area contributed by atoms with Crippen LogP contribution >= 0.6 is 43.5 Å². The maximum atomic E-state index is 5.95. The summed E-state index contributed by atoms with van der Waals surface area (Å²) in [5.74, 6) is 0.966. The fourth-order valence-electron chi connectivity index (χ4n) is 1.40. The number of nitrogens with zero attached hydrogens (tertiary/aromatic N) is 1. The first-order valence-electron chi connectivity index (χ1n) is 4.74. The highest BCUT2D eigenvalue weighted by Crippen LogP contribution is 2.31. The van der Waals surface area contributed by atoms with E-state index >= 15 is 0 Å². The van der Waals surface area contributed by atoms with Crippen molar-refractivity contribution in [1.82, 2.24) is 9.97 Å². The number of halogens is 3. The molecule has 1 N–H and O–H groups in total. The van der Waals surface area contributed by atoms with E-state index < -0.39 is 0 Å². The minimum atomic E-state index is 0.229. The Hall–Kier alpha value is -0.320. The van der Waals surface area contributed by atoms with Crippen molar-refractivity contribution in [2.45, 2.75) is 11.2 Å². The summed E-state index contributed by atoms with van der Waals surface area (Å²) in [5.41, 5.74) is 1.17. The molecule has 0 bridgehead atoms. The Kier molecular flexibility index (Phi) is 4.05. The summed E-state index contributed by atoms with van der Waals surface area (Å²) in [5, 5.41) is 0.724. The maximum absolute atomic E-state index is 5.95. The van der Waals surface area contributed by atoms with Gasteiger partial charge < -0.3 is 4.98 Å². The molecule has 1 heterocycles. The molecule has 2 rings (SSSR count). The molecule has 84 valence electrons. The third kappa shape index (κ3) is 2.87. The lowest BCUT2D eigenvalue weighted by Crippen LogP contribution is -1.97. The quantitative estimate of drug-likeness (QED) is 0.798. The third-order valence-corrected chi connectivity index (χ3v) is 4.30. The lowest BCUT2D eigenvalue weighted by molar-refractivity contribution is 0.876. The number of hydrogen-bond acceptors (Lipinski definition) is 1. The summed E-state index contributed by atoms with van der Waals surface area (Å²) in [6.07, 6.45) is 4.40. The summed E-state index contributed by atoms with van der Waals surface area (Å²) in [7, 11) is 0. The highest BCUT2D eigenvalue weighted by atomic mass is 79.9. The third-order valence-electron chi connectivity index (χ3n) is 2.23. The van der Waals surface area contributed by atoms with Crippen LogP contribution in [0.5, 0.6) is 0 Å². The number of aromatic amines is 1. The molecule has 1 aromatic heterocycles. The zero-order valence-corrected chi connectivity index (χ0v) is 12.2. The second kappa shape index (κ2) is 5.34. The van der Waals surface area contributed by atoms with Crippen molar-refractivity contribution in [2.75, 3.05) is 0 Å². The van der Waals surface area contributed by atoms with Crippen molar-refractivity contribution in [1.29, 1.82) is 0 Å². The predicted molar refractivity (Wildman–Crippen MR) is 73.1 cm³/mol. The van der Waals surface area contributed by atoms with Gasteiger partial charge >= 0.3 is 0 Å². The van der Waals surface area contributed by atoms with Crippen LogP contribution < -0.4 is 0 Å². The highest BCUT2D eigenvalue weighted by Gasteiger charge is 2.11. The van der Waals surface area contributed by atoms with Gasteiger partial charge in [0, 0.05) is 28.1 Å². The van der Waals surface area contributed by atoms with E-state index in [1.165, 1.54) is 5.56 Å². The number of alkyl halides is 1. The van der Waals surface area contributed by atoms with Gasteiger partial charge in [-0.05, 0) is 33.6 Å². The topological polar surface area (TPSA) is 28.7 Å². The van der Waals surface area contributed by atoms with E-state index in [9.17, 15) is 0 Å². The van der Waals surface area contributed by atoms with Gasteiger partial charge in [0.2, 0.25) is 0 Å². The summed E-state index contributed by atoms with van der Waals surface area (Å²) < 4.78 is 0.913. The Bertz CT molecular complexity index is 471. The largest absolute Gasteiger partial charge is 0.349 e. The summed E-state index contributed by atoms with van der Waals surface area (Å²) >= 11 is 13.0. The Labute approximate surface area is 116 Å². The van der Waals surface area contributed by atoms with Crippen molar-refractivity contribution >= 4 is 43.5 Å². The van der Waals surface area contributed by atoms with E-state index in [1.807, 2.05) is 24.4 Å². The van der Waals surface area contributed by atoms with Crippen molar-refractivity contribution in [3.8, 4) is 0 Å². The van der Waals surface area contributed by atoms with Crippen molar-refractivity contribution in [2.24, 2.45) is 0 Å². The number of benzene rings is 1. The van der Waals surface area contributed by atoms with Gasteiger partial charge in [0.1, 0.15) is 5.82 Å². The lowest BCUT2D eigenvalue weighted by Gasteiger charge is -2.09. The lowest BCUT2D eigenvalue weighted by atomic mass is 10.1. The fourth-order valence-corrected chi connectivity index (χ4v) is 2.51. The van der Waals surface area contributed by atoms with Crippen molar-refractivity contribution in [3.63, 3.8) is 0 Å². The molecule has 0 aliphatic heterocycles. The minimum Gasteiger partial charge on any atom is -0.349 e. The van der Waals surface area contributed by atoms with Crippen LogP contribution in [0.1, 0.15) is 16.2 Å². The molecule has 0 aliphatic carbocycles. The maximum Gasteiger partial charge on any atom is 0.107 e. The van der Waals surface area contributed by atoms with Gasteiger partial charge in [0.25, 0.3) is 0 Å². The normalized spacial score (nSPS) is 12.7. The van der Waals surface area contributed by atoms with Crippen LogP contribution in [-0.4, -0.2) is 9.97 Å². The SMILES string of the molecule is Clc1ccc(C(Br)Cc2ncc[nH]2)cc1Br. The Balaban J connectivity index is 2.14. The van der Waals surface area contributed by atoms with E-state index in [2.05, 4.69) is 41.8 Å². The molecule has 1 unspecified atom stereocenters. The second-order valence-corrected chi connectivity index (χ2v) is 5.75. The number of imidazole rings is 1. The smallest absolute Gasteiger partial charge is 0.107 e. The fraction of sp³-hybridized carbons (Fsp3) is 0.182. The first-order chi connectivity index (χ1) is 7.66. The predicted octanol–water partition coefficient (Wildman–Crippen LogP) is 4.50. The number of rotatable bonds is 3. The van der Waals surface area contributed by atoms with Gasteiger partial charge in [-0.1, -0.05) is 33.6 Å². The molecule has 0 radical (unpaired) electrons. The van der Waals surface area contributed by atoms with Crippen LogP contribution in [0, 0.1) is 0 Å². The molecular formula is C11H9Br2ClN2. The monoisotopic (exact) mass is 362 g/mol. The van der Waals surface area contributed by atoms with E-state index in [0.29, 0.717) is 0 Å². The molecule has 5 heteroatoms. The Morgan fingerprint density at radius 3 is 2.88 bits per heavy atom. The van der Waals surface area contributed by atoms with Gasteiger partial charge in [-0.15, -0.1) is 0 Å². The molecule has 0 saturated heterocycles. The van der Waals surface area contributed by atoms with E-state index in [4.69, 9.17) is 11.6 Å². The summed E-state index contributed by atoms with van der Waals surface area (Å²) in [6, 6.07) is 5.91. The van der Waals surface area contributed by atoms with Gasteiger partial charge in [0.15, 0.2) is 0 Å². The van der Waals surface area contributed by atoms with E-state index in [1.54, 1.807) is 6.20 Å². The molecule has 2 aromatic rings. The van der Waals surface area contributed by atoms with Crippen LogP contribution in [0.15, 0.2) is 35.1 Å². The zero-order valence-electron chi connectivity index (χ0n) is 8.25. The Morgan fingerprint density at radius 1 is 1.44 bits per heavy atom. The molecule has 0 fully saturated rings. The van der Waals surface area contributed by atoms with Gasteiger partial charge in [-0.25, -0.2) is 4.98 Å². The van der Waals surface area contributed by atoms with E-state index in [-0.39, 0.29) is 4.83 Å². The zero-order chi connectivity index (χ0) is 11.5. The van der Waals surface area contributed by atoms with Crippen LogP contribution in [0.25, 0.3) is 0 Å². The van der Waals surface area contributed by atoms with Crippen LogP contribution in [-0.2, 0) is 6.42 Å². The molecule has 0 spiro atoms. The second-order valence-electron chi connectivity index (χ2n) is 3.38. The highest BCUT2D eigenvalue weighted by molar-refractivity contribution is 9.10. The number of H-pyrrole nitrogens is 1.